The summed E-state index contributed by atoms with van der Waals surface area (Å²) in [4.78, 5) is 51.9. The number of aromatic nitrogens is 2. The molecule has 220 valence electrons. The molecule has 0 radical (unpaired) electrons. The first-order chi connectivity index (χ1) is 20.0. The van der Waals surface area contributed by atoms with Gasteiger partial charge in [0, 0.05) is 51.2 Å². The lowest BCUT2D eigenvalue weighted by atomic mass is 9.98. The average molecular weight is 600 g/mol. The molecule has 42 heavy (non-hydrogen) atoms. The molecule has 3 heterocycles. The molecule has 0 unspecified atom stereocenters. The predicted octanol–water partition coefficient (Wildman–Crippen LogP) is 3.01. The van der Waals surface area contributed by atoms with E-state index in [4.69, 9.17) is 45.3 Å². The molecule has 1 saturated heterocycles. The maximum atomic E-state index is 12.1. The topological polar surface area (TPSA) is 165 Å². The summed E-state index contributed by atoms with van der Waals surface area (Å²) in [6.45, 7) is 4.16. The summed E-state index contributed by atoms with van der Waals surface area (Å²) in [5, 5.41) is 10.0. The summed E-state index contributed by atoms with van der Waals surface area (Å²) in [6, 6.07) is 10.4. The van der Waals surface area contributed by atoms with E-state index in [0.717, 1.165) is 26.2 Å². The molecule has 2 aromatic heterocycles. The summed E-state index contributed by atoms with van der Waals surface area (Å²) >= 11 is 6.59. The van der Waals surface area contributed by atoms with Crippen LogP contribution < -0.4 is 4.74 Å². The Morgan fingerprint density at radius 2 is 1.62 bits per heavy atom. The number of nitrogens with zero attached hydrogens (tertiary/aromatic N) is 3. The molecule has 0 N–H and O–H groups in total. The van der Waals surface area contributed by atoms with E-state index in [0.29, 0.717) is 16.9 Å². The van der Waals surface area contributed by atoms with Crippen LogP contribution in [-0.4, -0.2) is 70.7 Å². The van der Waals surface area contributed by atoms with Gasteiger partial charge in [-0.3, -0.25) is 19.2 Å². The van der Waals surface area contributed by atoms with Crippen molar-refractivity contribution in [2.45, 2.75) is 58.4 Å². The van der Waals surface area contributed by atoms with E-state index in [2.05, 4.69) is 11.1 Å². The number of nitriles is 1. The zero-order chi connectivity index (χ0) is 30.6. The highest BCUT2D eigenvalue weighted by atomic mass is 35.5. The van der Waals surface area contributed by atoms with Crippen LogP contribution in [0.2, 0.25) is 5.02 Å². The number of hydrogen-bond acceptors (Lipinski definition) is 12. The molecule has 3 aromatic rings. The third kappa shape index (κ3) is 6.96. The summed E-state index contributed by atoms with van der Waals surface area (Å²) in [5.41, 5.74) is 1.64. The molecule has 5 atom stereocenters. The first-order valence-electron chi connectivity index (χ1n) is 12.6. The summed E-state index contributed by atoms with van der Waals surface area (Å²) < 4.78 is 35.0. The highest BCUT2D eigenvalue weighted by Gasteiger charge is 2.53. The van der Waals surface area contributed by atoms with E-state index in [9.17, 15) is 19.2 Å². The van der Waals surface area contributed by atoms with Crippen LogP contribution in [-0.2, 0) is 42.9 Å². The van der Waals surface area contributed by atoms with Gasteiger partial charge in [0.2, 0.25) is 12.4 Å². The van der Waals surface area contributed by atoms with E-state index >= 15 is 0 Å². The molecule has 1 aliphatic rings. The molecule has 0 spiro atoms. The van der Waals surface area contributed by atoms with Crippen LogP contribution in [0.15, 0.2) is 42.7 Å². The van der Waals surface area contributed by atoms with Crippen LogP contribution in [0, 0.1) is 11.3 Å². The summed E-state index contributed by atoms with van der Waals surface area (Å²) in [7, 11) is 0. The number of fused-ring (bicyclic) bond motifs is 1. The number of esters is 4. The minimum absolute atomic E-state index is 0.109. The van der Waals surface area contributed by atoms with Crippen molar-refractivity contribution in [3.8, 4) is 17.5 Å². The third-order valence-electron chi connectivity index (χ3n) is 6.04. The smallest absolute Gasteiger partial charge is 0.303 e. The fraction of sp³-hybridized carbons (Fsp3) is 0.357. The van der Waals surface area contributed by atoms with Gasteiger partial charge < -0.3 is 33.0 Å². The second-order valence-corrected chi connectivity index (χ2v) is 9.64. The molecule has 1 aromatic carbocycles. The molecule has 0 saturated carbocycles. The van der Waals surface area contributed by atoms with Crippen LogP contribution in [0.5, 0.6) is 5.75 Å². The van der Waals surface area contributed by atoms with E-state index in [-0.39, 0.29) is 10.8 Å². The van der Waals surface area contributed by atoms with Crippen molar-refractivity contribution in [2.75, 3.05) is 6.61 Å². The number of hydrogen-bond donors (Lipinski definition) is 0. The van der Waals surface area contributed by atoms with Gasteiger partial charge in [0.15, 0.2) is 12.2 Å². The first-order valence-corrected chi connectivity index (χ1v) is 13.0. The molecule has 13 nitrogen and oxygen atoms in total. The lowest BCUT2D eigenvalue weighted by molar-refractivity contribution is -0.288. The van der Waals surface area contributed by atoms with Gasteiger partial charge in [-0.25, -0.2) is 4.98 Å². The Bertz CT molecular complexity index is 1560. The van der Waals surface area contributed by atoms with Crippen LogP contribution in [0.25, 0.3) is 16.7 Å². The van der Waals surface area contributed by atoms with Crippen LogP contribution in [0.1, 0.15) is 33.3 Å². The third-order valence-corrected chi connectivity index (χ3v) is 6.34. The zero-order valence-corrected chi connectivity index (χ0v) is 23.7. The molecule has 1 aliphatic heterocycles. The van der Waals surface area contributed by atoms with Crippen molar-refractivity contribution in [3.63, 3.8) is 0 Å². The summed E-state index contributed by atoms with van der Waals surface area (Å²) in [5.74, 6) is -2.81. The van der Waals surface area contributed by atoms with Gasteiger partial charge in [0.25, 0.3) is 0 Å². The Morgan fingerprint density at radius 3 is 2.24 bits per heavy atom. The molecule has 0 amide bonds. The number of halogens is 1. The zero-order valence-electron chi connectivity index (χ0n) is 22.9. The maximum absolute atomic E-state index is 12.1. The van der Waals surface area contributed by atoms with E-state index < -0.39 is 61.2 Å². The molecule has 1 fully saturated rings. The fourth-order valence-electron chi connectivity index (χ4n) is 4.44. The summed E-state index contributed by atoms with van der Waals surface area (Å²) in [6.07, 6.45) is -3.49. The van der Waals surface area contributed by atoms with E-state index in [1.54, 1.807) is 41.1 Å². The van der Waals surface area contributed by atoms with Crippen molar-refractivity contribution < 1.29 is 47.6 Å². The van der Waals surface area contributed by atoms with Crippen molar-refractivity contribution in [2.24, 2.45) is 0 Å². The second-order valence-electron chi connectivity index (χ2n) is 9.23. The van der Waals surface area contributed by atoms with Crippen molar-refractivity contribution in [3.05, 3.63) is 53.3 Å². The largest absolute Gasteiger partial charge is 0.463 e. The number of carbonyl (C=O) groups is 4. The van der Waals surface area contributed by atoms with Gasteiger partial charge in [0.1, 0.15) is 30.2 Å². The number of pyridine rings is 1. The number of rotatable bonds is 8. The van der Waals surface area contributed by atoms with Crippen LogP contribution in [0.4, 0.5) is 0 Å². The van der Waals surface area contributed by atoms with Crippen molar-refractivity contribution in [1.82, 2.24) is 9.55 Å². The lowest BCUT2D eigenvalue weighted by Gasteiger charge is -2.44. The van der Waals surface area contributed by atoms with Crippen molar-refractivity contribution in [1.29, 1.82) is 5.26 Å². The second kappa shape index (κ2) is 12.9. The molecule has 4 rings (SSSR count). The van der Waals surface area contributed by atoms with E-state index in [1.807, 2.05) is 0 Å². The van der Waals surface area contributed by atoms with E-state index in [1.165, 1.54) is 13.1 Å². The number of benzene rings is 1. The lowest BCUT2D eigenvalue weighted by Crippen LogP contribution is -2.63. The van der Waals surface area contributed by atoms with Crippen LogP contribution >= 0.6 is 11.6 Å². The molecular formula is C28H26ClN3O10. The Labute approximate surface area is 244 Å². The molecule has 14 heteroatoms. The van der Waals surface area contributed by atoms with Crippen LogP contribution in [0.3, 0.4) is 0 Å². The Hall–Kier alpha value is -4.67. The van der Waals surface area contributed by atoms with Gasteiger partial charge in [0.05, 0.1) is 10.6 Å². The first kappa shape index (κ1) is 30.3. The van der Waals surface area contributed by atoms with Gasteiger partial charge in [-0.2, -0.15) is 5.26 Å². The maximum Gasteiger partial charge on any atom is 0.303 e. The quantitative estimate of drug-likeness (QED) is 0.275. The number of ether oxygens (including phenoxy) is 6. The Morgan fingerprint density at radius 1 is 0.952 bits per heavy atom. The minimum atomic E-state index is -1.44. The number of carbonyl (C=O) groups excluding carboxylic acids is 4. The monoisotopic (exact) mass is 599 g/mol. The van der Waals surface area contributed by atoms with Gasteiger partial charge >= 0.3 is 23.9 Å². The van der Waals surface area contributed by atoms with Gasteiger partial charge in [-0.05, 0) is 30.3 Å². The Balaban J connectivity index is 1.68. The Kier molecular flexibility index (Phi) is 9.29. The van der Waals surface area contributed by atoms with Gasteiger partial charge in [-0.15, -0.1) is 0 Å². The highest BCUT2D eigenvalue weighted by Crippen LogP contribution is 2.34. The minimum Gasteiger partial charge on any atom is -0.463 e. The fourth-order valence-corrected chi connectivity index (χ4v) is 4.66. The normalized spacial score (nSPS) is 21.6. The predicted molar refractivity (Wildman–Crippen MR) is 143 cm³/mol. The molecule has 0 bridgehead atoms. The molecular weight excluding hydrogens is 574 g/mol. The SMILES string of the molecule is CC(=O)OC[C@H]1O[C@@H](Oc2ccc(-n3ccc4cc(C#N)cnc43)cc2Cl)[C@@H](OC(C)=O)[C@@H](OC(C)=O)[C@@H]1OC(C)=O. The van der Waals surface area contributed by atoms with Crippen molar-refractivity contribution >= 4 is 46.5 Å². The average Bonchev–Trinajstić information content (AvgIpc) is 3.34. The highest BCUT2D eigenvalue weighted by molar-refractivity contribution is 6.32. The molecule has 0 aliphatic carbocycles. The standard InChI is InChI=1S/C28H26ClN3O10/c1-14(33)37-13-23-24(38-15(2)34)25(39-16(3)35)26(40-17(4)36)28(42-23)41-22-6-5-20(10-21(22)29)32-8-7-19-9-18(11-30)12-31-27(19)32/h5-10,12,23-26,28H,13H2,1-4H3/t23-,24-,25+,26+,28-/m1/s1. The van der Waals surface area contributed by atoms with Gasteiger partial charge in [-0.1, -0.05) is 11.6 Å².